The Morgan fingerprint density at radius 1 is 0.879 bits per heavy atom. The molecule has 0 amide bonds. The third kappa shape index (κ3) is 6.61. The van der Waals surface area contributed by atoms with E-state index < -0.39 is 5.82 Å². The van der Waals surface area contributed by atoms with Crippen LogP contribution in [0.3, 0.4) is 0 Å². The van der Waals surface area contributed by atoms with Crippen molar-refractivity contribution in [1.29, 1.82) is 0 Å². The van der Waals surface area contributed by atoms with Crippen molar-refractivity contribution in [1.82, 2.24) is 0 Å². The first-order valence-electron chi connectivity index (χ1n) is 14.0. The number of esters is 1. The van der Waals surface area contributed by atoms with Crippen molar-refractivity contribution in [3.05, 3.63) is 29.6 Å². The zero-order valence-electron chi connectivity index (χ0n) is 21.0. The van der Waals surface area contributed by atoms with Crippen LogP contribution in [0.25, 0.3) is 0 Å². The average Bonchev–Trinajstić information content (AvgIpc) is 2.83. The molecular formula is C30H45FO2. The van der Waals surface area contributed by atoms with E-state index in [0.29, 0.717) is 0 Å². The van der Waals surface area contributed by atoms with Gasteiger partial charge in [0.25, 0.3) is 0 Å². The van der Waals surface area contributed by atoms with E-state index in [1.54, 1.807) is 12.1 Å². The van der Waals surface area contributed by atoms with Crippen molar-refractivity contribution in [3.63, 3.8) is 0 Å². The van der Waals surface area contributed by atoms with E-state index in [4.69, 9.17) is 4.74 Å². The predicted octanol–water partition coefficient (Wildman–Crippen LogP) is 8.65. The van der Waals surface area contributed by atoms with Crippen LogP contribution in [-0.4, -0.2) is 5.97 Å². The summed E-state index contributed by atoms with van der Waals surface area (Å²) in [5.74, 6) is 3.91. The molecule has 0 aliphatic heterocycles. The Kier molecular flexibility index (Phi) is 8.88. The zero-order chi connectivity index (χ0) is 23.2. The third-order valence-corrected chi connectivity index (χ3v) is 9.30. The maximum absolute atomic E-state index is 14.1. The number of hydrogen-bond donors (Lipinski definition) is 0. The van der Waals surface area contributed by atoms with Gasteiger partial charge in [0.15, 0.2) is 11.6 Å². The molecule has 0 heterocycles. The van der Waals surface area contributed by atoms with Crippen LogP contribution < -0.4 is 4.74 Å². The van der Waals surface area contributed by atoms with E-state index in [2.05, 4.69) is 6.92 Å². The number of carbonyl (C=O) groups is 1. The SMILES string of the molecule is CCCCCCC1CCC2CC(C3CCC(C(=O)Oc4ccc(C)cc4F)CC3)CCC2C1. The number of rotatable bonds is 8. The third-order valence-electron chi connectivity index (χ3n) is 9.30. The molecule has 3 aliphatic rings. The van der Waals surface area contributed by atoms with Gasteiger partial charge in [-0.05, 0) is 112 Å². The molecule has 3 fully saturated rings. The predicted molar refractivity (Wildman–Crippen MR) is 133 cm³/mol. The number of hydrogen-bond acceptors (Lipinski definition) is 2. The molecule has 0 aromatic heterocycles. The Morgan fingerprint density at radius 2 is 1.55 bits per heavy atom. The molecule has 0 spiro atoms. The molecule has 3 saturated carbocycles. The number of halogens is 1. The van der Waals surface area contributed by atoms with Crippen molar-refractivity contribution >= 4 is 5.97 Å². The largest absolute Gasteiger partial charge is 0.423 e. The summed E-state index contributed by atoms with van der Waals surface area (Å²) >= 11 is 0. The smallest absolute Gasteiger partial charge is 0.314 e. The van der Waals surface area contributed by atoms with Gasteiger partial charge in [-0.2, -0.15) is 0 Å². The van der Waals surface area contributed by atoms with Crippen LogP contribution in [-0.2, 0) is 4.79 Å². The second-order valence-corrected chi connectivity index (χ2v) is 11.6. The van der Waals surface area contributed by atoms with Crippen molar-refractivity contribution in [2.75, 3.05) is 0 Å². The van der Waals surface area contributed by atoms with E-state index >= 15 is 0 Å². The van der Waals surface area contributed by atoms with Gasteiger partial charge in [0, 0.05) is 0 Å². The number of aryl methyl sites for hydroxylation is 1. The molecule has 0 radical (unpaired) electrons. The Bertz CT molecular complexity index is 767. The Hall–Kier alpha value is -1.38. The topological polar surface area (TPSA) is 26.3 Å². The van der Waals surface area contributed by atoms with Crippen LogP contribution in [0.1, 0.15) is 109 Å². The monoisotopic (exact) mass is 456 g/mol. The van der Waals surface area contributed by atoms with E-state index in [1.807, 2.05) is 6.92 Å². The molecule has 0 bridgehead atoms. The normalized spacial score (nSPS) is 32.2. The van der Waals surface area contributed by atoms with Crippen molar-refractivity contribution in [3.8, 4) is 5.75 Å². The van der Waals surface area contributed by atoms with Crippen molar-refractivity contribution in [2.24, 2.45) is 35.5 Å². The summed E-state index contributed by atoms with van der Waals surface area (Å²) < 4.78 is 19.5. The van der Waals surface area contributed by atoms with Crippen LogP contribution in [0.4, 0.5) is 4.39 Å². The second-order valence-electron chi connectivity index (χ2n) is 11.6. The quantitative estimate of drug-likeness (QED) is 0.222. The molecule has 0 saturated heterocycles. The Labute approximate surface area is 201 Å². The van der Waals surface area contributed by atoms with E-state index in [9.17, 15) is 9.18 Å². The van der Waals surface area contributed by atoms with Gasteiger partial charge in [-0.15, -0.1) is 0 Å². The highest BCUT2D eigenvalue weighted by molar-refractivity contribution is 5.75. The van der Waals surface area contributed by atoms with E-state index in [1.165, 1.54) is 76.7 Å². The Morgan fingerprint density at radius 3 is 2.27 bits per heavy atom. The molecule has 184 valence electrons. The maximum Gasteiger partial charge on any atom is 0.314 e. The van der Waals surface area contributed by atoms with Crippen LogP contribution >= 0.6 is 0 Å². The summed E-state index contributed by atoms with van der Waals surface area (Å²) in [5, 5.41) is 0. The molecule has 2 nitrogen and oxygen atoms in total. The molecular weight excluding hydrogens is 411 g/mol. The summed E-state index contributed by atoms with van der Waals surface area (Å²) in [7, 11) is 0. The molecule has 4 unspecified atom stereocenters. The number of carbonyl (C=O) groups excluding carboxylic acids is 1. The van der Waals surface area contributed by atoms with Gasteiger partial charge in [-0.25, -0.2) is 4.39 Å². The molecule has 4 atom stereocenters. The number of fused-ring (bicyclic) bond motifs is 1. The van der Waals surface area contributed by atoms with Gasteiger partial charge in [-0.3, -0.25) is 4.79 Å². The fourth-order valence-electron chi connectivity index (χ4n) is 7.28. The minimum atomic E-state index is -0.440. The lowest BCUT2D eigenvalue weighted by Gasteiger charge is -2.45. The lowest BCUT2D eigenvalue weighted by atomic mass is 9.60. The maximum atomic E-state index is 14.1. The van der Waals surface area contributed by atoms with Gasteiger partial charge in [0.05, 0.1) is 5.92 Å². The first-order valence-corrected chi connectivity index (χ1v) is 14.0. The molecule has 33 heavy (non-hydrogen) atoms. The summed E-state index contributed by atoms with van der Waals surface area (Å²) in [6.45, 7) is 4.14. The fraction of sp³-hybridized carbons (Fsp3) is 0.767. The van der Waals surface area contributed by atoms with Crippen molar-refractivity contribution < 1.29 is 13.9 Å². The standard InChI is InChI=1S/C30H45FO2/c1-3-4-5-6-7-22-9-10-27-20-26(16-15-25(27)19-22)23-11-13-24(14-12-23)30(32)33-29-17-8-21(2)18-28(29)31/h8,17-18,22-27H,3-7,9-16,19-20H2,1-2H3. The fourth-order valence-corrected chi connectivity index (χ4v) is 7.28. The second kappa shape index (κ2) is 11.8. The molecule has 3 aliphatic carbocycles. The molecule has 1 aromatic carbocycles. The first kappa shape index (κ1) is 24.7. The average molecular weight is 457 g/mol. The highest BCUT2D eigenvalue weighted by Crippen LogP contribution is 2.49. The van der Waals surface area contributed by atoms with Crippen molar-refractivity contribution in [2.45, 2.75) is 110 Å². The van der Waals surface area contributed by atoms with Crippen LogP contribution in [0, 0.1) is 48.2 Å². The van der Waals surface area contributed by atoms with Gasteiger partial charge in [-0.1, -0.05) is 51.5 Å². The molecule has 3 heteroatoms. The van der Waals surface area contributed by atoms with Crippen LogP contribution in [0.2, 0.25) is 0 Å². The Balaban J connectivity index is 1.19. The number of ether oxygens (including phenoxy) is 1. The highest BCUT2D eigenvalue weighted by atomic mass is 19.1. The zero-order valence-corrected chi connectivity index (χ0v) is 21.0. The summed E-state index contributed by atoms with van der Waals surface area (Å²) in [6.07, 6.45) is 19.9. The number of unbranched alkanes of at least 4 members (excludes halogenated alkanes) is 3. The summed E-state index contributed by atoms with van der Waals surface area (Å²) in [6, 6.07) is 4.79. The summed E-state index contributed by atoms with van der Waals surface area (Å²) in [4.78, 5) is 12.6. The molecule has 4 rings (SSSR count). The van der Waals surface area contributed by atoms with Crippen LogP contribution in [0.5, 0.6) is 5.75 Å². The lowest BCUT2D eigenvalue weighted by Crippen LogP contribution is -2.35. The van der Waals surface area contributed by atoms with E-state index in [-0.39, 0.29) is 17.6 Å². The van der Waals surface area contributed by atoms with Gasteiger partial charge < -0.3 is 4.74 Å². The number of benzene rings is 1. The van der Waals surface area contributed by atoms with Gasteiger partial charge in [0.1, 0.15) is 0 Å². The summed E-state index contributed by atoms with van der Waals surface area (Å²) in [5.41, 5.74) is 0.836. The van der Waals surface area contributed by atoms with Crippen LogP contribution in [0.15, 0.2) is 18.2 Å². The van der Waals surface area contributed by atoms with E-state index in [0.717, 1.165) is 60.8 Å². The molecule has 0 N–H and O–H groups in total. The molecule has 1 aromatic rings. The lowest BCUT2D eigenvalue weighted by molar-refractivity contribution is -0.140. The van der Waals surface area contributed by atoms with Gasteiger partial charge >= 0.3 is 5.97 Å². The van der Waals surface area contributed by atoms with Gasteiger partial charge in [0.2, 0.25) is 0 Å². The minimum absolute atomic E-state index is 0.0681. The minimum Gasteiger partial charge on any atom is -0.423 e. The highest BCUT2D eigenvalue weighted by Gasteiger charge is 2.39. The first-order chi connectivity index (χ1) is 16.0.